The van der Waals surface area contributed by atoms with Crippen LogP contribution in [0, 0.1) is 11.3 Å². The van der Waals surface area contributed by atoms with Crippen molar-refractivity contribution in [1.29, 1.82) is 5.26 Å². The lowest BCUT2D eigenvalue weighted by Crippen LogP contribution is -1.99. The van der Waals surface area contributed by atoms with E-state index in [-0.39, 0.29) is 0 Å². The monoisotopic (exact) mass is 334 g/mol. The number of anilines is 1. The molecule has 1 N–H and O–H groups in total. The molecule has 0 aliphatic rings. The Kier molecular flexibility index (Phi) is 4.84. The molecule has 2 aromatic rings. The predicted molar refractivity (Wildman–Crippen MR) is 82.2 cm³/mol. The Labute approximate surface area is 126 Å². The van der Waals surface area contributed by atoms with Crippen LogP contribution < -0.4 is 5.32 Å². The van der Waals surface area contributed by atoms with Gasteiger partial charge in [0, 0.05) is 16.7 Å². The number of halogens is 2. The number of hydrogen-bond donors (Lipinski definition) is 1. The molecule has 0 saturated heterocycles. The van der Waals surface area contributed by atoms with Gasteiger partial charge in [0.2, 0.25) is 0 Å². The van der Waals surface area contributed by atoms with Crippen LogP contribution in [0.5, 0.6) is 0 Å². The first-order valence-electron chi connectivity index (χ1n) is 5.83. The highest BCUT2D eigenvalue weighted by Crippen LogP contribution is 2.23. The van der Waals surface area contributed by atoms with Crippen molar-refractivity contribution in [1.82, 2.24) is 0 Å². The van der Waals surface area contributed by atoms with Crippen molar-refractivity contribution in [2.75, 3.05) is 5.32 Å². The molecule has 0 fully saturated rings. The van der Waals surface area contributed by atoms with Crippen LogP contribution in [0.15, 0.2) is 46.9 Å². The highest BCUT2D eigenvalue weighted by molar-refractivity contribution is 9.10. The van der Waals surface area contributed by atoms with Gasteiger partial charge < -0.3 is 5.32 Å². The van der Waals surface area contributed by atoms with Gasteiger partial charge in [0.15, 0.2) is 0 Å². The molecule has 0 heterocycles. The van der Waals surface area contributed by atoms with Crippen LogP contribution in [0.3, 0.4) is 0 Å². The minimum Gasteiger partial charge on any atom is -0.381 e. The summed E-state index contributed by atoms with van der Waals surface area (Å²) in [4.78, 5) is 0. The molecule has 2 aromatic carbocycles. The Hall–Kier alpha value is -1.50. The molecule has 0 amide bonds. The van der Waals surface area contributed by atoms with Gasteiger partial charge in [-0.05, 0) is 51.3 Å². The Morgan fingerprint density at radius 1 is 1.11 bits per heavy atom. The van der Waals surface area contributed by atoms with Gasteiger partial charge in [0.1, 0.15) is 0 Å². The van der Waals surface area contributed by atoms with Crippen molar-refractivity contribution >= 4 is 33.2 Å². The minimum atomic E-state index is 0.447. The Morgan fingerprint density at radius 2 is 1.79 bits per heavy atom. The molecule has 0 atom stereocenters. The highest BCUT2D eigenvalue weighted by Gasteiger charge is 1.99. The molecular weight excluding hydrogens is 324 g/mol. The number of nitrogens with zero attached hydrogens (tertiary/aromatic N) is 1. The summed E-state index contributed by atoms with van der Waals surface area (Å²) in [5.74, 6) is 0. The van der Waals surface area contributed by atoms with E-state index in [0.717, 1.165) is 21.3 Å². The van der Waals surface area contributed by atoms with E-state index in [1.54, 1.807) is 0 Å². The zero-order valence-electron chi connectivity index (χ0n) is 10.2. The van der Waals surface area contributed by atoms with E-state index >= 15 is 0 Å². The van der Waals surface area contributed by atoms with E-state index in [2.05, 4.69) is 27.3 Å². The Morgan fingerprint density at radius 3 is 2.42 bits per heavy atom. The summed E-state index contributed by atoms with van der Waals surface area (Å²) in [6.45, 7) is 0.713. The van der Waals surface area contributed by atoms with E-state index in [0.29, 0.717) is 18.0 Å². The molecule has 4 heteroatoms. The second-order valence-corrected chi connectivity index (χ2v) is 5.40. The molecule has 0 aliphatic heterocycles. The molecule has 2 nitrogen and oxygen atoms in total. The third kappa shape index (κ3) is 3.99. The molecule has 0 saturated carbocycles. The maximum absolute atomic E-state index is 8.61. The number of hydrogen-bond acceptors (Lipinski definition) is 2. The topological polar surface area (TPSA) is 35.8 Å². The Balaban J connectivity index is 1.98. The summed E-state index contributed by atoms with van der Waals surface area (Å²) in [5, 5.41) is 12.6. The van der Waals surface area contributed by atoms with Crippen molar-refractivity contribution in [3.8, 4) is 6.07 Å². The lowest BCUT2D eigenvalue weighted by Gasteiger charge is -2.08. The van der Waals surface area contributed by atoms with Crippen LogP contribution in [0.2, 0.25) is 5.02 Å². The summed E-state index contributed by atoms with van der Waals surface area (Å²) in [6, 6.07) is 15.9. The third-order valence-corrected chi connectivity index (χ3v) is 3.95. The number of benzene rings is 2. The van der Waals surface area contributed by atoms with Gasteiger partial charge >= 0.3 is 0 Å². The molecule has 0 unspecified atom stereocenters. The van der Waals surface area contributed by atoms with Crippen LogP contribution >= 0.6 is 27.5 Å². The second kappa shape index (κ2) is 6.60. The van der Waals surface area contributed by atoms with Gasteiger partial charge in [-0.15, -0.1) is 0 Å². The van der Waals surface area contributed by atoms with E-state index in [9.17, 15) is 0 Å². The second-order valence-electron chi connectivity index (χ2n) is 4.13. The zero-order valence-corrected chi connectivity index (χ0v) is 12.5. The first-order valence-corrected chi connectivity index (χ1v) is 7.00. The summed E-state index contributed by atoms with van der Waals surface area (Å²) >= 11 is 9.42. The molecule has 96 valence electrons. The molecular formula is C15H12BrClN2. The van der Waals surface area contributed by atoms with Gasteiger partial charge in [0.05, 0.1) is 17.5 Å². The molecule has 0 aromatic heterocycles. The van der Waals surface area contributed by atoms with Crippen LogP contribution in [0.1, 0.15) is 11.1 Å². The highest BCUT2D eigenvalue weighted by atomic mass is 79.9. The predicted octanol–water partition coefficient (Wildman–Crippen LogP) is 4.78. The molecule has 0 aliphatic carbocycles. The fourth-order valence-corrected chi connectivity index (χ4v) is 2.14. The maximum atomic E-state index is 8.61. The van der Waals surface area contributed by atoms with Crippen molar-refractivity contribution in [2.45, 2.75) is 13.0 Å². The first-order chi connectivity index (χ1) is 9.19. The van der Waals surface area contributed by atoms with Crippen LogP contribution in [-0.4, -0.2) is 0 Å². The summed E-state index contributed by atoms with van der Waals surface area (Å²) < 4.78 is 0.902. The van der Waals surface area contributed by atoms with Gasteiger partial charge in [-0.2, -0.15) is 5.26 Å². The average Bonchev–Trinajstić information content (AvgIpc) is 2.42. The van der Waals surface area contributed by atoms with E-state index in [4.69, 9.17) is 16.9 Å². The largest absolute Gasteiger partial charge is 0.381 e. The molecule has 19 heavy (non-hydrogen) atoms. The van der Waals surface area contributed by atoms with Gasteiger partial charge in [-0.3, -0.25) is 0 Å². The van der Waals surface area contributed by atoms with Crippen LogP contribution in [-0.2, 0) is 13.0 Å². The molecule has 0 radical (unpaired) electrons. The fraction of sp³-hybridized carbons (Fsp3) is 0.133. The lowest BCUT2D eigenvalue weighted by molar-refractivity contribution is 1.14. The summed E-state index contributed by atoms with van der Waals surface area (Å²) in [5.41, 5.74) is 3.18. The lowest BCUT2D eigenvalue weighted by atomic mass is 10.1. The van der Waals surface area contributed by atoms with E-state index in [1.165, 1.54) is 0 Å². The summed E-state index contributed by atoms with van der Waals surface area (Å²) in [6.07, 6.45) is 0.447. The van der Waals surface area contributed by atoms with Crippen molar-refractivity contribution in [3.63, 3.8) is 0 Å². The third-order valence-electron chi connectivity index (χ3n) is 2.72. The number of rotatable bonds is 4. The van der Waals surface area contributed by atoms with Crippen molar-refractivity contribution in [2.24, 2.45) is 0 Å². The van der Waals surface area contributed by atoms with Gasteiger partial charge in [0.25, 0.3) is 0 Å². The average molecular weight is 336 g/mol. The van der Waals surface area contributed by atoms with Crippen LogP contribution in [0.25, 0.3) is 0 Å². The van der Waals surface area contributed by atoms with Crippen molar-refractivity contribution < 1.29 is 0 Å². The van der Waals surface area contributed by atoms with Crippen molar-refractivity contribution in [3.05, 3.63) is 63.1 Å². The number of nitrogens with one attached hydrogen (secondary N) is 1. The molecule has 2 rings (SSSR count). The molecule has 0 bridgehead atoms. The maximum Gasteiger partial charge on any atom is 0.0669 e. The zero-order chi connectivity index (χ0) is 13.7. The number of nitriles is 1. The molecule has 0 spiro atoms. The van der Waals surface area contributed by atoms with E-state index in [1.807, 2.05) is 42.5 Å². The SMILES string of the molecule is N#CCc1ccc(NCc2ccc(Br)c(Cl)c2)cc1. The smallest absolute Gasteiger partial charge is 0.0669 e. The fourth-order valence-electron chi connectivity index (χ4n) is 1.69. The standard InChI is InChI=1S/C15H12BrClN2/c16-14-6-3-12(9-15(14)17)10-19-13-4-1-11(2-5-13)7-8-18/h1-6,9,19H,7,10H2. The Bertz CT molecular complexity index is 603. The van der Waals surface area contributed by atoms with Gasteiger partial charge in [-0.1, -0.05) is 29.8 Å². The minimum absolute atomic E-state index is 0.447. The first kappa shape index (κ1) is 13.9. The van der Waals surface area contributed by atoms with Gasteiger partial charge in [-0.25, -0.2) is 0 Å². The van der Waals surface area contributed by atoms with E-state index < -0.39 is 0 Å². The van der Waals surface area contributed by atoms with Crippen LogP contribution in [0.4, 0.5) is 5.69 Å². The normalized spacial score (nSPS) is 9.95. The summed E-state index contributed by atoms with van der Waals surface area (Å²) in [7, 11) is 0. The quantitative estimate of drug-likeness (QED) is 0.872.